The largest absolute Gasteiger partial charge is 0.391 e. The summed E-state index contributed by atoms with van der Waals surface area (Å²) < 4.78 is 27.2. The van der Waals surface area contributed by atoms with E-state index < -0.39 is 35.4 Å². The number of anilines is 1. The van der Waals surface area contributed by atoms with Gasteiger partial charge in [-0.2, -0.15) is 0 Å². The van der Waals surface area contributed by atoms with Crippen molar-refractivity contribution >= 4 is 11.6 Å². The molecular formula is C14H19F2N3O2. The number of nitrogens with one attached hydrogen (secondary N) is 2. The SMILES string of the molecule is NNc1c(F)cc(C(=O)NC2CCCCCC2O)cc1F. The van der Waals surface area contributed by atoms with E-state index in [-0.39, 0.29) is 5.56 Å². The van der Waals surface area contributed by atoms with Crippen LogP contribution in [0.2, 0.25) is 0 Å². The first-order chi connectivity index (χ1) is 10.0. The van der Waals surface area contributed by atoms with Crippen LogP contribution in [0.3, 0.4) is 0 Å². The Morgan fingerprint density at radius 1 is 1.19 bits per heavy atom. The van der Waals surface area contributed by atoms with Crippen molar-refractivity contribution in [3.05, 3.63) is 29.3 Å². The molecule has 0 aromatic heterocycles. The molecule has 2 atom stereocenters. The van der Waals surface area contributed by atoms with E-state index in [4.69, 9.17) is 5.84 Å². The summed E-state index contributed by atoms with van der Waals surface area (Å²) in [5.41, 5.74) is 1.28. The summed E-state index contributed by atoms with van der Waals surface area (Å²) in [7, 11) is 0. The summed E-state index contributed by atoms with van der Waals surface area (Å²) in [5, 5.41) is 12.6. The average Bonchev–Trinajstić information content (AvgIpc) is 2.63. The van der Waals surface area contributed by atoms with Crippen LogP contribution in [-0.2, 0) is 0 Å². The molecule has 2 rings (SSSR count). The van der Waals surface area contributed by atoms with Crippen molar-refractivity contribution in [3.63, 3.8) is 0 Å². The molecule has 0 heterocycles. The lowest BCUT2D eigenvalue weighted by atomic mass is 10.1. The second-order valence-electron chi connectivity index (χ2n) is 5.24. The zero-order valence-electron chi connectivity index (χ0n) is 11.5. The Labute approximate surface area is 121 Å². The third-order valence-electron chi connectivity index (χ3n) is 3.74. The minimum absolute atomic E-state index is 0.138. The van der Waals surface area contributed by atoms with Crippen LogP contribution in [0.1, 0.15) is 42.5 Å². The lowest BCUT2D eigenvalue weighted by molar-refractivity contribution is 0.0818. The van der Waals surface area contributed by atoms with Crippen LogP contribution < -0.4 is 16.6 Å². The zero-order valence-corrected chi connectivity index (χ0v) is 11.5. The summed E-state index contributed by atoms with van der Waals surface area (Å²) in [5.74, 6) is 2.51. The van der Waals surface area contributed by atoms with Crippen molar-refractivity contribution < 1.29 is 18.7 Å². The first-order valence-corrected chi connectivity index (χ1v) is 6.97. The molecule has 5 N–H and O–H groups in total. The van der Waals surface area contributed by atoms with Gasteiger partial charge >= 0.3 is 0 Å². The van der Waals surface area contributed by atoms with Gasteiger partial charge in [-0.15, -0.1) is 0 Å². The number of benzene rings is 1. The van der Waals surface area contributed by atoms with Crippen LogP contribution in [-0.4, -0.2) is 23.2 Å². The Morgan fingerprint density at radius 3 is 2.43 bits per heavy atom. The number of amides is 1. The molecule has 2 unspecified atom stereocenters. The number of aliphatic hydroxyl groups is 1. The highest BCUT2D eigenvalue weighted by Crippen LogP contribution is 2.21. The fraction of sp³-hybridized carbons (Fsp3) is 0.500. The number of nitrogen functional groups attached to an aromatic ring is 1. The lowest BCUT2D eigenvalue weighted by Crippen LogP contribution is -2.42. The Bertz CT molecular complexity index is 502. The average molecular weight is 299 g/mol. The normalized spacial score (nSPS) is 22.5. The zero-order chi connectivity index (χ0) is 15.4. The number of hydrazine groups is 1. The van der Waals surface area contributed by atoms with E-state index in [1.807, 2.05) is 5.43 Å². The van der Waals surface area contributed by atoms with E-state index in [9.17, 15) is 18.7 Å². The number of carbonyl (C=O) groups is 1. The molecule has 1 aromatic carbocycles. The van der Waals surface area contributed by atoms with Gasteiger partial charge in [-0.3, -0.25) is 10.6 Å². The molecule has 0 spiro atoms. The predicted octanol–water partition coefficient (Wildman–Crippen LogP) is 1.67. The minimum Gasteiger partial charge on any atom is -0.391 e. The van der Waals surface area contributed by atoms with Crippen molar-refractivity contribution in [3.8, 4) is 0 Å². The smallest absolute Gasteiger partial charge is 0.251 e. The van der Waals surface area contributed by atoms with Gasteiger partial charge in [0, 0.05) is 5.56 Å². The molecule has 1 aliphatic carbocycles. The summed E-state index contributed by atoms with van der Waals surface area (Å²) in [6.45, 7) is 0. The monoisotopic (exact) mass is 299 g/mol. The topological polar surface area (TPSA) is 87.4 Å². The predicted molar refractivity (Wildman–Crippen MR) is 74.5 cm³/mol. The van der Waals surface area contributed by atoms with E-state index in [1.54, 1.807) is 0 Å². The molecule has 1 aromatic rings. The molecule has 1 fully saturated rings. The maximum atomic E-state index is 13.6. The van der Waals surface area contributed by atoms with Gasteiger partial charge in [0.05, 0.1) is 12.1 Å². The van der Waals surface area contributed by atoms with Gasteiger partial charge < -0.3 is 15.8 Å². The first kappa shape index (κ1) is 15.7. The van der Waals surface area contributed by atoms with Crippen molar-refractivity contribution in [2.45, 2.75) is 44.2 Å². The van der Waals surface area contributed by atoms with E-state index in [2.05, 4.69) is 5.32 Å². The van der Waals surface area contributed by atoms with Crippen LogP contribution in [0.4, 0.5) is 14.5 Å². The van der Waals surface area contributed by atoms with Crippen molar-refractivity contribution in [1.29, 1.82) is 0 Å². The highest BCUT2D eigenvalue weighted by Gasteiger charge is 2.24. The number of rotatable bonds is 3. The molecule has 7 heteroatoms. The van der Waals surface area contributed by atoms with Crippen LogP contribution in [0.15, 0.2) is 12.1 Å². The van der Waals surface area contributed by atoms with Gasteiger partial charge in [-0.05, 0) is 25.0 Å². The fourth-order valence-electron chi connectivity index (χ4n) is 2.55. The highest BCUT2D eigenvalue weighted by atomic mass is 19.1. The summed E-state index contributed by atoms with van der Waals surface area (Å²) in [4.78, 5) is 12.1. The number of hydrogen-bond acceptors (Lipinski definition) is 4. The third kappa shape index (κ3) is 3.68. The van der Waals surface area contributed by atoms with Gasteiger partial charge in [-0.25, -0.2) is 8.78 Å². The molecule has 0 bridgehead atoms. The van der Waals surface area contributed by atoms with E-state index >= 15 is 0 Å². The van der Waals surface area contributed by atoms with Crippen LogP contribution in [0.5, 0.6) is 0 Å². The minimum atomic E-state index is -0.941. The van der Waals surface area contributed by atoms with Gasteiger partial charge in [0.15, 0.2) is 11.6 Å². The van der Waals surface area contributed by atoms with Crippen LogP contribution in [0.25, 0.3) is 0 Å². The second-order valence-corrected chi connectivity index (χ2v) is 5.24. The summed E-state index contributed by atoms with van der Waals surface area (Å²) in [6.07, 6.45) is 3.46. The number of aliphatic hydroxyl groups excluding tert-OH is 1. The molecule has 0 radical (unpaired) electrons. The summed E-state index contributed by atoms with van der Waals surface area (Å²) >= 11 is 0. The molecular weight excluding hydrogens is 280 g/mol. The van der Waals surface area contributed by atoms with E-state index in [1.165, 1.54) is 0 Å². The third-order valence-corrected chi connectivity index (χ3v) is 3.74. The van der Waals surface area contributed by atoms with E-state index in [0.29, 0.717) is 12.8 Å². The molecule has 116 valence electrons. The lowest BCUT2D eigenvalue weighted by Gasteiger charge is -2.22. The van der Waals surface area contributed by atoms with Crippen molar-refractivity contribution in [2.24, 2.45) is 5.84 Å². The second kappa shape index (κ2) is 6.82. The number of halogens is 2. The molecule has 1 amide bonds. The first-order valence-electron chi connectivity index (χ1n) is 6.97. The van der Waals surface area contributed by atoms with Gasteiger partial charge in [-0.1, -0.05) is 19.3 Å². The number of hydrogen-bond donors (Lipinski definition) is 4. The Morgan fingerprint density at radius 2 is 1.81 bits per heavy atom. The quantitative estimate of drug-likeness (QED) is 0.388. The van der Waals surface area contributed by atoms with Crippen LogP contribution >= 0.6 is 0 Å². The Hall–Kier alpha value is -1.73. The van der Waals surface area contributed by atoms with Gasteiger partial charge in [0.2, 0.25) is 0 Å². The molecule has 5 nitrogen and oxygen atoms in total. The molecule has 21 heavy (non-hydrogen) atoms. The maximum absolute atomic E-state index is 13.6. The van der Waals surface area contributed by atoms with E-state index in [0.717, 1.165) is 31.4 Å². The highest BCUT2D eigenvalue weighted by molar-refractivity contribution is 5.94. The standard InChI is InChI=1S/C14H19F2N3O2/c15-9-6-8(7-10(16)13(9)19-17)14(21)18-11-4-2-1-3-5-12(11)20/h6-7,11-12,19-20H,1-5,17H2,(H,18,21). The molecule has 0 saturated heterocycles. The molecule has 1 saturated carbocycles. The Kier molecular flexibility index (Phi) is 5.08. The summed E-state index contributed by atoms with van der Waals surface area (Å²) in [6, 6.07) is 1.44. The van der Waals surface area contributed by atoms with Gasteiger partial charge in [0.1, 0.15) is 5.69 Å². The number of carbonyl (C=O) groups excluding carboxylic acids is 1. The molecule has 0 aliphatic heterocycles. The Balaban J connectivity index is 2.13. The van der Waals surface area contributed by atoms with Crippen LogP contribution in [0, 0.1) is 11.6 Å². The molecule has 1 aliphatic rings. The number of nitrogens with two attached hydrogens (primary N) is 1. The van der Waals surface area contributed by atoms with Crippen molar-refractivity contribution in [1.82, 2.24) is 5.32 Å². The van der Waals surface area contributed by atoms with Gasteiger partial charge in [0.25, 0.3) is 5.91 Å². The van der Waals surface area contributed by atoms with Crippen molar-refractivity contribution in [2.75, 3.05) is 5.43 Å². The fourth-order valence-corrected chi connectivity index (χ4v) is 2.55. The maximum Gasteiger partial charge on any atom is 0.251 e.